The lowest BCUT2D eigenvalue weighted by Crippen LogP contribution is -2.51. The van der Waals surface area contributed by atoms with E-state index < -0.39 is 18.3 Å². The maximum absolute atomic E-state index is 13.7. The van der Waals surface area contributed by atoms with Crippen LogP contribution >= 0.6 is 12.4 Å². The second-order valence-electron chi connectivity index (χ2n) is 4.73. The minimum Gasteiger partial charge on any atom is -0.445 e. The van der Waals surface area contributed by atoms with E-state index in [-0.39, 0.29) is 19.0 Å². The molecule has 1 aliphatic heterocycles. The third kappa shape index (κ3) is 4.35. The molecule has 2 unspecified atom stereocenters. The van der Waals surface area contributed by atoms with Gasteiger partial charge >= 0.3 is 6.09 Å². The average molecular weight is 303 g/mol. The summed E-state index contributed by atoms with van der Waals surface area (Å²) in [6.07, 6.45) is -0.903. The fourth-order valence-corrected chi connectivity index (χ4v) is 2.20. The van der Waals surface area contributed by atoms with E-state index in [1.165, 1.54) is 4.90 Å². The summed E-state index contributed by atoms with van der Waals surface area (Å²) in [6, 6.07) is 9.05. The van der Waals surface area contributed by atoms with Gasteiger partial charge in [-0.1, -0.05) is 30.3 Å². The number of carbonyl (C=O) groups excluding carboxylic acids is 1. The lowest BCUT2D eigenvalue weighted by Gasteiger charge is -2.33. The second-order valence-corrected chi connectivity index (χ2v) is 4.73. The standard InChI is InChI=1S/C14H19FN2O2.ClH/c1-17(13-7-8-16-9-12(13)15)14(18)19-10-11-5-3-2-4-6-11;/h2-6,12-13,16H,7-10H2,1H3;1H. The molecule has 1 N–H and O–H groups in total. The normalized spacial score (nSPS) is 21.7. The Bertz CT molecular complexity index is 419. The van der Waals surface area contributed by atoms with Crippen LogP contribution in [-0.4, -0.2) is 43.3 Å². The molecule has 112 valence electrons. The van der Waals surface area contributed by atoms with E-state index in [2.05, 4.69) is 5.32 Å². The molecule has 0 saturated carbocycles. The van der Waals surface area contributed by atoms with Gasteiger partial charge in [0.1, 0.15) is 12.8 Å². The van der Waals surface area contributed by atoms with E-state index in [9.17, 15) is 9.18 Å². The second kappa shape index (κ2) is 8.07. The van der Waals surface area contributed by atoms with Crippen LogP contribution in [0.25, 0.3) is 0 Å². The first-order valence-corrected chi connectivity index (χ1v) is 6.47. The van der Waals surface area contributed by atoms with Gasteiger partial charge in [0.25, 0.3) is 0 Å². The summed E-state index contributed by atoms with van der Waals surface area (Å²) in [5, 5.41) is 2.96. The number of nitrogens with zero attached hydrogens (tertiary/aromatic N) is 1. The van der Waals surface area contributed by atoms with Crippen molar-refractivity contribution in [3.8, 4) is 0 Å². The van der Waals surface area contributed by atoms with Gasteiger partial charge in [-0.25, -0.2) is 9.18 Å². The molecule has 0 radical (unpaired) electrons. The van der Waals surface area contributed by atoms with Crippen LogP contribution in [-0.2, 0) is 11.3 Å². The zero-order chi connectivity index (χ0) is 13.7. The van der Waals surface area contributed by atoms with Crippen molar-refractivity contribution in [1.29, 1.82) is 0 Å². The molecule has 0 aliphatic carbocycles. The lowest BCUT2D eigenvalue weighted by atomic mass is 10.0. The number of carbonyl (C=O) groups is 1. The van der Waals surface area contributed by atoms with Gasteiger partial charge in [-0.2, -0.15) is 0 Å². The van der Waals surface area contributed by atoms with Crippen molar-refractivity contribution in [2.75, 3.05) is 20.1 Å². The Morgan fingerprint density at radius 3 is 2.80 bits per heavy atom. The van der Waals surface area contributed by atoms with Crippen LogP contribution < -0.4 is 5.32 Å². The fraction of sp³-hybridized carbons (Fsp3) is 0.500. The molecule has 0 spiro atoms. The molecule has 1 aromatic rings. The van der Waals surface area contributed by atoms with Gasteiger partial charge in [0.05, 0.1) is 6.04 Å². The number of hydrogen-bond acceptors (Lipinski definition) is 3. The van der Waals surface area contributed by atoms with Crippen LogP contribution in [0.5, 0.6) is 0 Å². The molecule has 0 aromatic heterocycles. The number of benzene rings is 1. The highest BCUT2D eigenvalue weighted by molar-refractivity contribution is 5.85. The first kappa shape index (κ1) is 16.7. The molecule has 1 fully saturated rings. The molecule has 20 heavy (non-hydrogen) atoms. The quantitative estimate of drug-likeness (QED) is 0.932. The molecule has 2 rings (SSSR count). The maximum atomic E-state index is 13.7. The van der Waals surface area contributed by atoms with Crippen molar-refractivity contribution in [2.24, 2.45) is 0 Å². The van der Waals surface area contributed by atoms with Gasteiger partial charge in [-0.15, -0.1) is 12.4 Å². The molecule has 6 heteroatoms. The predicted octanol–water partition coefficient (Wildman–Crippen LogP) is 2.38. The Balaban J connectivity index is 0.00000200. The van der Waals surface area contributed by atoms with Crippen molar-refractivity contribution in [1.82, 2.24) is 10.2 Å². The number of rotatable bonds is 3. The highest BCUT2D eigenvalue weighted by Gasteiger charge is 2.31. The molecule has 0 bridgehead atoms. The number of piperidine rings is 1. The Hall–Kier alpha value is -1.33. The number of halogens is 2. The topological polar surface area (TPSA) is 41.6 Å². The smallest absolute Gasteiger partial charge is 0.410 e. The summed E-state index contributed by atoms with van der Waals surface area (Å²) in [5.41, 5.74) is 0.923. The number of amides is 1. The van der Waals surface area contributed by atoms with Crippen molar-refractivity contribution in [2.45, 2.75) is 25.2 Å². The van der Waals surface area contributed by atoms with Gasteiger partial charge in [0.2, 0.25) is 0 Å². The van der Waals surface area contributed by atoms with Crippen LogP contribution in [0.4, 0.5) is 9.18 Å². The van der Waals surface area contributed by atoms with E-state index in [1.54, 1.807) is 7.05 Å². The highest BCUT2D eigenvalue weighted by Crippen LogP contribution is 2.15. The van der Waals surface area contributed by atoms with Crippen molar-refractivity contribution >= 4 is 18.5 Å². The van der Waals surface area contributed by atoms with E-state index in [0.717, 1.165) is 12.1 Å². The van der Waals surface area contributed by atoms with Crippen LogP contribution in [0.2, 0.25) is 0 Å². The molecule has 4 nitrogen and oxygen atoms in total. The average Bonchev–Trinajstić information content (AvgIpc) is 2.45. The fourth-order valence-electron chi connectivity index (χ4n) is 2.20. The van der Waals surface area contributed by atoms with Crippen molar-refractivity contribution in [3.05, 3.63) is 35.9 Å². The first-order chi connectivity index (χ1) is 9.18. The van der Waals surface area contributed by atoms with Crippen molar-refractivity contribution < 1.29 is 13.9 Å². The van der Waals surface area contributed by atoms with Gasteiger partial charge in [0.15, 0.2) is 0 Å². The van der Waals surface area contributed by atoms with Gasteiger partial charge in [-0.05, 0) is 18.5 Å². The first-order valence-electron chi connectivity index (χ1n) is 6.47. The van der Waals surface area contributed by atoms with Gasteiger partial charge in [0, 0.05) is 13.6 Å². The monoisotopic (exact) mass is 302 g/mol. The molecule has 1 aliphatic rings. The minimum absolute atomic E-state index is 0. The number of hydrogen-bond donors (Lipinski definition) is 1. The third-order valence-electron chi connectivity index (χ3n) is 3.36. The summed E-state index contributed by atoms with van der Waals surface area (Å²) in [7, 11) is 1.59. The van der Waals surface area contributed by atoms with E-state index in [1.807, 2.05) is 30.3 Å². The number of ether oxygens (including phenoxy) is 1. The van der Waals surface area contributed by atoms with Crippen molar-refractivity contribution in [3.63, 3.8) is 0 Å². The molecule has 1 amide bonds. The summed E-state index contributed by atoms with van der Waals surface area (Å²) in [6.45, 7) is 1.23. The van der Waals surface area contributed by atoms with Crippen LogP contribution in [0.1, 0.15) is 12.0 Å². The van der Waals surface area contributed by atoms with Gasteiger partial charge in [-0.3, -0.25) is 0 Å². The van der Waals surface area contributed by atoms with E-state index >= 15 is 0 Å². The molecular formula is C14H20ClFN2O2. The summed E-state index contributed by atoms with van der Waals surface area (Å²) in [5.74, 6) is 0. The number of alkyl halides is 1. The Labute approximate surface area is 124 Å². The molecular weight excluding hydrogens is 283 g/mol. The third-order valence-corrected chi connectivity index (χ3v) is 3.36. The van der Waals surface area contributed by atoms with Crippen LogP contribution in [0.3, 0.4) is 0 Å². The molecule has 1 saturated heterocycles. The van der Waals surface area contributed by atoms with Crippen LogP contribution in [0, 0.1) is 0 Å². The maximum Gasteiger partial charge on any atom is 0.410 e. The van der Waals surface area contributed by atoms with E-state index in [4.69, 9.17) is 4.74 Å². The Morgan fingerprint density at radius 2 is 2.15 bits per heavy atom. The SMILES string of the molecule is CN(C(=O)OCc1ccccc1)C1CCNCC1F.Cl. The highest BCUT2D eigenvalue weighted by atomic mass is 35.5. The Kier molecular flexibility index (Phi) is 6.75. The summed E-state index contributed by atoms with van der Waals surface area (Å²) < 4.78 is 18.9. The van der Waals surface area contributed by atoms with Gasteiger partial charge < -0.3 is 15.0 Å². The molecule has 1 aromatic carbocycles. The minimum atomic E-state index is -1.04. The molecule has 2 atom stereocenters. The summed E-state index contributed by atoms with van der Waals surface area (Å²) >= 11 is 0. The van der Waals surface area contributed by atoms with Crippen LogP contribution in [0.15, 0.2) is 30.3 Å². The Morgan fingerprint density at radius 1 is 1.45 bits per heavy atom. The number of nitrogens with one attached hydrogen (secondary N) is 1. The zero-order valence-electron chi connectivity index (χ0n) is 11.4. The summed E-state index contributed by atoms with van der Waals surface area (Å²) in [4.78, 5) is 13.2. The van der Waals surface area contributed by atoms with E-state index in [0.29, 0.717) is 13.0 Å². The molecule has 1 heterocycles. The lowest BCUT2D eigenvalue weighted by molar-refractivity contribution is 0.0607. The predicted molar refractivity (Wildman–Crippen MR) is 77.8 cm³/mol. The largest absolute Gasteiger partial charge is 0.445 e. The zero-order valence-corrected chi connectivity index (χ0v) is 12.2.